The number of imide groups is 1. The molecule has 0 spiro atoms. The van der Waals surface area contributed by atoms with Crippen LogP contribution in [-0.2, 0) is 14.3 Å². The van der Waals surface area contributed by atoms with Gasteiger partial charge in [0, 0.05) is 11.6 Å². The number of methoxy groups -OCH3 is 1. The van der Waals surface area contributed by atoms with E-state index in [0.29, 0.717) is 29.4 Å². The number of hydrogen-bond donors (Lipinski definition) is 0. The normalized spacial score (nSPS) is 17.4. The minimum atomic E-state index is -0.665. The minimum Gasteiger partial charge on any atom is -0.493 e. The van der Waals surface area contributed by atoms with E-state index in [-0.39, 0.29) is 11.7 Å². The summed E-state index contributed by atoms with van der Waals surface area (Å²) >= 11 is 0.752. The Morgan fingerprint density at radius 2 is 2.04 bits per heavy atom. The Balaban J connectivity index is 1.91. The summed E-state index contributed by atoms with van der Waals surface area (Å²) in [6.07, 6.45) is 1.54. The molecule has 0 atom stereocenters. The van der Waals surface area contributed by atoms with Crippen LogP contribution in [0.15, 0.2) is 17.0 Å². The Labute approximate surface area is 147 Å². The van der Waals surface area contributed by atoms with Crippen molar-refractivity contribution in [3.8, 4) is 17.2 Å². The largest absolute Gasteiger partial charge is 0.493 e. The molecule has 0 bridgehead atoms. The number of carbonyl (C=O) groups excluding carboxylic acids is 3. The minimum absolute atomic E-state index is 0.111. The van der Waals surface area contributed by atoms with Gasteiger partial charge in [-0.25, -0.2) is 0 Å². The second-order valence-electron chi connectivity index (χ2n) is 5.02. The molecule has 2 aliphatic rings. The molecule has 2 heterocycles. The zero-order valence-corrected chi connectivity index (χ0v) is 14.4. The van der Waals surface area contributed by atoms with Crippen LogP contribution in [-0.4, -0.2) is 49.1 Å². The van der Waals surface area contributed by atoms with Crippen molar-refractivity contribution in [1.82, 2.24) is 4.90 Å². The highest BCUT2D eigenvalue weighted by atomic mass is 32.2. The molecule has 8 nitrogen and oxygen atoms in total. The quantitative estimate of drug-likeness (QED) is 0.578. The maximum absolute atomic E-state index is 12.4. The van der Waals surface area contributed by atoms with Gasteiger partial charge in [-0.05, 0) is 30.8 Å². The fraction of sp³-hybridized carbons (Fsp3) is 0.312. The predicted octanol–water partition coefficient (Wildman–Crippen LogP) is 2.02. The van der Waals surface area contributed by atoms with Gasteiger partial charge in [0.2, 0.25) is 6.79 Å². The van der Waals surface area contributed by atoms with E-state index in [1.807, 2.05) is 6.92 Å². The van der Waals surface area contributed by atoms with Crippen LogP contribution in [0, 0.1) is 0 Å². The monoisotopic (exact) mass is 365 g/mol. The van der Waals surface area contributed by atoms with Gasteiger partial charge in [0.15, 0.2) is 11.5 Å². The highest BCUT2D eigenvalue weighted by Crippen LogP contribution is 2.41. The van der Waals surface area contributed by atoms with E-state index < -0.39 is 23.7 Å². The third-order valence-corrected chi connectivity index (χ3v) is 4.39. The van der Waals surface area contributed by atoms with Crippen LogP contribution in [0.4, 0.5) is 4.79 Å². The molecule has 0 aromatic heterocycles. The predicted molar refractivity (Wildman–Crippen MR) is 88.4 cm³/mol. The van der Waals surface area contributed by atoms with Crippen LogP contribution in [0.5, 0.6) is 17.2 Å². The summed E-state index contributed by atoms with van der Waals surface area (Å²) in [5.41, 5.74) is 0.578. The van der Waals surface area contributed by atoms with E-state index >= 15 is 0 Å². The van der Waals surface area contributed by atoms with Crippen molar-refractivity contribution in [3.05, 3.63) is 22.6 Å². The molecule has 0 aliphatic carbocycles. The Kier molecular flexibility index (Phi) is 4.84. The van der Waals surface area contributed by atoms with Crippen LogP contribution >= 0.6 is 11.8 Å². The summed E-state index contributed by atoms with van der Waals surface area (Å²) in [6, 6.07) is 3.36. The van der Waals surface area contributed by atoms with Crippen molar-refractivity contribution in [2.75, 3.05) is 27.1 Å². The zero-order valence-electron chi connectivity index (χ0n) is 13.6. The number of thioether (sulfide) groups is 1. The van der Waals surface area contributed by atoms with Crippen molar-refractivity contribution in [2.24, 2.45) is 0 Å². The second-order valence-corrected chi connectivity index (χ2v) is 6.01. The molecule has 1 aromatic rings. The number of esters is 1. The van der Waals surface area contributed by atoms with E-state index in [2.05, 4.69) is 4.74 Å². The molecule has 2 aliphatic heterocycles. The first-order valence-corrected chi connectivity index (χ1v) is 8.23. The first-order valence-electron chi connectivity index (χ1n) is 7.42. The molecular formula is C16H15NO7S. The molecule has 0 unspecified atom stereocenters. The maximum Gasteiger partial charge on any atom is 0.325 e. The van der Waals surface area contributed by atoms with E-state index in [1.54, 1.807) is 12.1 Å². The van der Waals surface area contributed by atoms with Crippen molar-refractivity contribution in [2.45, 2.75) is 6.92 Å². The molecular weight excluding hydrogens is 350 g/mol. The molecule has 0 radical (unpaired) electrons. The lowest BCUT2D eigenvalue weighted by Gasteiger charge is -2.10. The number of benzene rings is 1. The van der Waals surface area contributed by atoms with Gasteiger partial charge in [0.25, 0.3) is 11.1 Å². The third kappa shape index (κ3) is 3.41. The number of fused-ring (bicyclic) bond motifs is 1. The number of carbonyl (C=O) groups is 3. The van der Waals surface area contributed by atoms with Crippen molar-refractivity contribution < 1.29 is 33.3 Å². The van der Waals surface area contributed by atoms with Gasteiger partial charge in [-0.3, -0.25) is 19.3 Å². The van der Waals surface area contributed by atoms with Crippen LogP contribution in [0.3, 0.4) is 0 Å². The lowest BCUT2D eigenvalue weighted by atomic mass is 10.1. The van der Waals surface area contributed by atoms with Gasteiger partial charge < -0.3 is 18.9 Å². The molecule has 0 saturated carbocycles. The van der Waals surface area contributed by atoms with Gasteiger partial charge in [-0.15, -0.1) is 0 Å². The Morgan fingerprint density at radius 1 is 1.32 bits per heavy atom. The van der Waals surface area contributed by atoms with E-state index in [0.717, 1.165) is 16.7 Å². The van der Waals surface area contributed by atoms with Crippen molar-refractivity contribution in [1.29, 1.82) is 0 Å². The summed E-state index contributed by atoms with van der Waals surface area (Å²) in [7, 11) is 1.19. The lowest BCUT2D eigenvalue weighted by molar-refractivity contribution is -0.143. The first-order chi connectivity index (χ1) is 12.0. The average molecular weight is 365 g/mol. The molecule has 0 N–H and O–H groups in total. The van der Waals surface area contributed by atoms with Gasteiger partial charge in [0.1, 0.15) is 12.3 Å². The summed E-state index contributed by atoms with van der Waals surface area (Å²) in [5.74, 6) is 0.372. The first kappa shape index (κ1) is 17.2. The van der Waals surface area contributed by atoms with Gasteiger partial charge in [-0.1, -0.05) is 0 Å². The summed E-state index contributed by atoms with van der Waals surface area (Å²) < 4.78 is 20.7. The molecule has 9 heteroatoms. The Morgan fingerprint density at radius 3 is 2.72 bits per heavy atom. The van der Waals surface area contributed by atoms with E-state index in [4.69, 9.17) is 14.2 Å². The SMILES string of the molecule is CCOc1cc2c(cc1/C=C1\SC(=O)N(CC(=O)OC)C1=O)OCO2. The summed E-state index contributed by atoms with van der Waals surface area (Å²) in [6.45, 7) is 1.95. The number of nitrogens with zero attached hydrogens (tertiary/aromatic N) is 1. The van der Waals surface area contributed by atoms with Gasteiger partial charge in [-0.2, -0.15) is 0 Å². The van der Waals surface area contributed by atoms with Crippen LogP contribution in [0.2, 0.25) is 0 Å². The molecule has 1 saturated heterocycles. The Bertz CT molecular complexity index is 774. The van der Waals surface area contributed by atoms with Crippen LogP contribution in [0.1, 0.15) is 12.5 Å². The fourth-order valence-corrected chi connectivity index (χ4v) is 3.13. The molecule has 3 rings (SSSR count). The number of rotatable bonds is 5. The lowest BCUT2D eigenvalue weighted by Crippen LogP contribution is -2.34. The highest BCUT2D eigenvalue weighted by molar-refractivity contribution is 8.18. The highest BCUT2D eigenvalue weighted by Gasteiger charge is 2.36. The standard InChI is InChI=1S/C16H15NO7S/c1-3-22-10-6-12-11(23-8-24-12)4-9(10)5-13-15(19)17(16(20)25-13)7-14(18)21-2/h4-6H,3,7-8H2,1-2H3/b13-5-. The zero-order chi connectivity index (χ0) is 18.0. The fourth-order valence-electron chi connectivity index (χ4n) is 2.30. The maximum atomic E-state index is 12.4. The second kappa shape index (κ2) is 7.06. The van der Waals surface area contributed by atoms with E-state index in [1.165, 1.54) is 13.2 Å². The molecule has 1 fully saturated rings. The topological polar surface area (TPSA) is 91.4 Å². The van der Waals surface area contributed by atoms with Crippen LogP contribution in [0.25, 0.3) is 6.08 Å². The van der Waals surface area contributed by atoms with Crippen LogP contribution < -0.4 is 14.2 Å². The molecule has 2 amide bonds. The third-order valence-electron chi connectivity index (χ3n) is 3.48. The van der Waals surface area contributed by atoms with Crippen molar-refractivity contribution >= 4 is 35.0 Å². The number of hydrogen-bond acceptors (Lipinski definition) is 8. The van der Waals surface area contributed by atoms with Crippen molar-refractivity contribution in [3.63, 3.8) is 0 Å². The number of ether oxygens (including phenoxy) is 4. The molecule has 132 valence electrons. The average Bonchev–Trinajstić information content (AvgIpc) is 3.14. The van der Waals surface area contributed by atoms with E-state index in [9.17, 15) is 14.4 Å². The molecule has 1 aromatic carbocycles. The molecule has 25 heavy (non-hydrogen) atoms. The summed E-state index contributed by atoms with van der Waals surface area (Å²) in [5, 5.41) is -0.527. The smallest absolute Gasteiger partial charge is 0.325 e. The van der Waals surface area contributed by atoms with Gasteiger partial charge >= 0.3 is 5.97 Å². The number of amides is 2. The summed E-state index contributed by atoms with van der Waals surface area (Å²) in [4.78, 5) is 36.7. The van der Waals surface area contributed by atoms with Gasteiger partial charge in [0.05, 0.1) is 18.6 Å². The Hall–Kier alpha value is -2.68.